The lowest BCUT2D eigenvalue weighted by Gasteiger charge is -2.03. The third-order valence-corrected chi connectivity index (χ3v) is 2.34. The molecule has 2 heterocycles. The molecule has 0 saturated heterocycles. The van der Waals surface area contributed by atoms with E-state index >= 15 is 0 Å². The molecule has 0 aliphatic carbocycles. The van der Waals surface area contributed by atoms with Crippen molar-refractivity contribution in [2.75, 3.05) is 13.2 Å². The van der Waals surface area contributed by atoms with Gasteiger partial charge < -0.3 is 15.8 Å². The van der Waals surface area contributed by atoms with Crippen LogP contribution in [-0.4, -0.2) is 28.9 Å². The summed E-state index contributed by atoms with van der Waals surface area (Å²) >= 11 is 0. The molecule has 3 N–H and O–H groups in total. The number of nitrogens with one attached hydrogen (secondary N) is 1. The number of aromatic nitrogens is 2. The van der Waals surface area contributed by atoms with Gasteiger partial charge in [0, 0.05) is 24.8 Å². The van der Waals surface area contributed by atoms with Gasteiger partial charge in [-0.1, -0.05) is 6.07 Å². The van der Waals surface area contributed by atoms with Crippen LogP contribution in [-0.2, 0) is 11.3 Å². The largest absolute Gasteiger partial charge is 0.448 e. The zero-order valence-corrected chi connectivity index (χ0v) is 9.30. The quantitative estimate of drug-likeness (QED) is 0.739. The highest BCUT2D eigenvalue weighted by Crippen LogP contribution is 2.08. The summed E-state index contributed by atoms with van der Waals surface area (Å²) in [6.45, 7) is 1.51. The molecule has 0 fully saturated rings. The van der Waals surface area contributed by atoms with Gasteiger partial charge in [0.05, 0.1) is 11.7 Å². The minimum atomic E-state index is -0.747. The fraction of sp³-hybridized carbons (Fsp3) is 0.273. The van der Waals surface area contributed by atoms with Crippen LogP contribution in [0.4, 0.5) is 4.79 Å². The van der Waals surface area contributed by atoms with Crippen molar-refractivity contribution in [3.63, 3.8) is 0 Å². The molecule has 0 bridgehead atoms. The first kappa shape index (κ1) is 11.4. The molecule has 2 aromatic heterocycles. The minimum Gasteiger partial charge on any atom is -0.448 e. The Hall–Kier alpha value is -2.08. The van der Waals surface area contributed by atoms with Crippen LogP contribution >= 0.6 is 0 Å². The summed E-state index contributed by atoms with van der Waals surface area (Å²) in [7, 11) is 0. The van der Waals surface area contributed by atoms with E-state index in [1.807, 2.05) is 35.1 Å². The summed E-state index contributed by atoms with van der Waals surface area (Å²) < 4.78 is 6.42. The molecule has 0 atom stereocenters. The number of carbonyl (C=O) groups is 1. The fourth-order valence-corrected chi connectivity index (χ4v) is 1.57. The Morgan fingerprint density at radius 2 is 2.41 bits per heavy atom. The molecule has 6 heteroatoms. The van der Waals surface area contributed by atoms with Crippen LogP contribution in [0.5, 0.6) is 0 Å². The Morgan fingerprint density at radius 1 is 1.53 bits per heavy atom. The van der Waals surface area contributed by atoms with Gasteiger partial charge in [-0.05, 0) is 12.1 Å². The molecule has 0 aliphatic rings. The van der Waals surface area contributed by atoms with Gasteiger partial charge in [-0.2, -0.15) is 5.10 Å². The number of fused-ring (bicyclic) bond motifs is 1. The van der Waals surface area contributed by atoms with Crippen LogP contribution in [0.15, 0.2) is 30.6 Å². The standard InChI is InChI=1S/C11H14N4O2/c12-11(16)17-6-4-13-7-9-8-14-15-5-2-1-3-10(9)15/h1-3,5,8,13H,4,6-7H2,(H2,12,16). The molecule has 17 heavy (non-hydrogen) atoms. The topological polar surface area (TPSA) is 81.7 Å². The average molecular weight is 234 g/mol. The molecule has 6 nitrogen and oxygen atoms in total. The Labute approximate surface area is 98.4 Å². The fourth-order valence-electron chi connectivity index (χ4n) is 1.57. The Bertz CT molecular complexity index is 509. The van der Waals surface area contributed by atoms with Crippen LogP contribution in [0, 0.1) is 0 Å². The van der Waals surface area contributed by atoms with Gasteiger partial charge in [-0.25, -0.2) is 9.31 Å². The van der Waals surface area contributed by atoms with Crippen molar-refractivity contribution in [3.05, 3.63) is 36.2 Å². The molecule has 0 aromatic carbocycles. The molecule has 2 rings (SSSR count). The third kappa shape index (κ3) is 2.94. The average Bonchev–Trinajstić information content (AvgIpc) is 2.72. The Kier molecular flexibility index (Phi) is 3.56. The lowest BCUT2D eigenvalue weighted by molar-refractivity contribution is 0.157. The number of primary amides is 1. The summed E-state index contributed by atoms with van der Waals surface area (Å²) in [6, 6.07) is 5.90. The van der Waals surface area contributed by atoms with Crippen LogP contribution < -0.4 is 11.1 Å². The number of nitrogens with two attached hydrogens (primary N) is 1. The van der Waals surface area contributed by atoms with Crippen molar-refractivity contribution < 1.29 is 9.53 Å². The number of nitrogens with zero attached hydrogens (tertiary/aromatic N) is 2. The molecular weight excluding hydrogens is 220 g/mol. The SMILES string of the molecule is NC(=O)OCCNCc1cnn2ccccc12. The van der Waals surface area contributed by atoms with Crippen LogP contribution in [0.1, 0.15) is 5.56 Å². The normalized spacial score (nSPS) is 10.6. The number of pyridine rings is 1. The molecule has 2 aromatic rings. The summed E-state index contributed by atoms with van der Waals surface area (Å²) in [5.74, 6) is 0. The molecule has 0 spiro atoms. The molecular formula is C11H14N4O2. The van der Waals surface area contributed by atoms with Gasteiger partial charge in [0.1, 0.15) is 6.61 Å². The van der Waals surface area contributed by atoms with Crippen molar-refractivity contribution in [1.82, 2.24) is 14.9 Å². The monoisotopic (exact) mass is 234 g/mol. The van der Waals surface area contributed by atoms with E-state index in [4.69, 9.17) is 5.73 Å². The third-order valence-electron chi connectivity index (χ3n) is 2.34. The highest BCUT2D eigenvalue weighted by atomic mass is 16.5. The van der Waals surface area contributed by atoms with Crippen molar-refractivity contribution in [1.29, 1.82) is 0 Å². The van der Waals surface area contributed by atoms with Crippen LogP contribution in [0.3, 0.4) is 0 Å². The van der Waals surface area contributed by atoms with Crippen LogP contribution in [0.2, 0.25) is 0 Å². The molecule has 0 aliphatic heterocycles. The molecule has 1 amide bonds. The van der Waals surface area contributed by atoms with Gasteiger partial charge in [-0.3, -0.25) is 0 Å². The second kappa shape index (κ2) is 5.31. The van der Waals surface area contributed by atoms with E-state index in [-0.39, 0.29) is 6.61 Å². The van der Waals surface area contributed by atoms with E-state index < -0.39 is 6.09 Å². The summed E-state index contributed by atoms with van der Waals surface area (Å²) in [5, 5.41) is 7.37. The second-order valence-electron chi connectivity index (χ2n) is 3.54. The smallest absolute Gasteiger partial charge is 0.404 e. The van der Waals surface area contributed by atoms with Crippen LogP contribution in [0.25, 0.3) is 5.52 Å². The van der Waals surface area contributed by atoms with E-state index in [2.05, 4.69) is 15.2 Å². The first-order valence-electron chi connectivity index (χ1n) is 5.31. The maximum Gasteiger partial charge on any atom is 0.404 e. The van der Waals surface area contributed by atoms with E-state index in [0.29, 0.717) is 13.1 Å². The number of amides is 1. The molecule has 0 unspecified atom stereocenters. The molecule has 90 valence electrons. The summed E-state index contributed by atoms with van der Waals surface area (Å²) in [4.78, 5) is 10.3. The summed E-state index contributed by atoms with van der Waals surface area (Å²) in [6.07, 6.45) is 2.97. The lowest BCUT2D eigenvalue weighted by atomic mass is 10.2. The minimum absolute atomic E-state index is 0.272. The predicted octanol–water partition coefficient (Wildman–Crippen LogP) is 0.519. The number of hydrogen-bond donors (Lipinski definition) is 2. The highest BCUT2D eigenvalue weighted by Gasteiger charge is 2.02. The Morgan fingerprint density at radius 3 is 3.24 bits per heavy atom. The molecule has 0 radical (unpaired) electrons. The van der Waals surface area contributed by atoms with E-state index in [1.165, 1.54) is 0 Å². The number of ether oxygens (including phenoxy) is 1. The first-order valence-corrected chi connectivity index (χ1v) is 5.31. The van der Waals surface area contributed by atoms with Gasteiger partial charge >= 0.3 is 6.09 Å². The van der Waals surface area contributed by atoms with Gasteiger partial charge in [0.2, 0.25) is 0 Å². The van der Waals surface area contributed by atoms with Crippen molar-refractivity contribution >= 4 is 11.6 Å². The van der Waals surface area contributed by atoms with Crippen molar-refractivity contribution in [2.24, 2.45) is 5.73 Å². The van der Waals surface area contributed by atoms with Gasteiger partial charge in [-0.15, -0.1) is 0 Å². The zero-order valence-electron chi connectivity index (χ0n) is 9.30. The van der Waals surface area contributed by atoms with Crippen molar-refractivity contribution in [2.45, 2.75) is 6.54 Å². The van der Waals surface area contributed by atoms with Crippen molar-refractivity contribution in [3.8, 4) is 0 Å². The number of rotatable bonds is 5. The lowest BCUT2D eigenvalue weighted by Crippen LogP contribution is -2.23. The highest BCUT2D eigenvalue weighted by molar-refractivity contribution is 5.64. The van der Waals surface area contributed by atoms with Gasteiger partial charge in [0.15, 0.2) is 0 Å². The first-order chi connectivity index (χ1) is 8.27. The van der Waals surface area contributed by atoms with E-state index in [0.717, 1.165) is 11.1 Å². The Balaban J connectivity index is 1.85. The zero-order chi connectivity index (χ0) is 12.1. The van der Waals surface area contributed by atoms with Gasteiger partial charge in [0.25, 0.3) is 0 Å². The van der Waals surface area contributed by atoms with E-state index in [9.17, 15) is 4.79 Å². The second-order valence-corrected chi connectivity index (χ2v) is 3.54. The predicted molar refractivity (Wildman–Crippen MR) is 62.4 cm³/mol. The molecule has 0 saturated carbocycles. The number of hydrogen-bond acceptors (Lipinski definition) is 4. The summed E-state index contributed by atoms with van der Waals surface area (Å²) in [5.41, 5.74) is 7.01. The maximum absolute atomic E-state index is 10.3. The maximum atomic E-state index is 10.3. The van der Waals surface area contributed by atoms with E-state index in [1.54, 1.807) is 0 Å². The number of carbonyl (C=O) groups excluding carboxylic acids is 1.